The number of anilines is 1. The van der Waals surface area contributed by atoms with Gasteiger partial charge in [-0.15, -0.1) is 0 Å². The number of nitrogens with zero attached hydrogens (tertiary/aromatic N) is 5. The zero-order chi connectivity index (χ0) is 15.4. The van der Waals surface area contributed by atoms with E-state index in [0.717, 1.165) is 0 Å². The zero-order valence-electron chi connectivity index (χ0n) is 10.6. The maximum Gasteiger partial charge on any atom is 0.293 e. The number of aromatic nitrogens is 2. The van der Waals surface area contributed by atoms with Crippen molar-refractivity contribution < 1.29 is 4.92 Å². The fourth-order valence-electron chi connectivity index (χ4n) is 1.85. The largest absolute Gasteiger partial charge is 0.318 e. The Morgan fingerprint density at radius 1 is 1.43 bits per heavy atom. The van der Waals surface area contributed by atoms with Gasteiger partial charge in [-0.1, -0.05) is 6.07 Å². The highest BCUT2D eigenvalue weighted by molar-refractivity contribution is 5.62. The highest BCUT2D eigenvalue weighted by Crippen LogP contribution is 2.25. The molecule has 0 aliphatic carbocycles. The Labute approximate surface area is 119 Å². The number of nitro benzene ring substituents is 1. The molecule has 0 unspecified atom stereocenters. The van der Waals surface area contributed by atoms with Crippen molar-refractivity contribution in [2.75, 3.05) is 5.43 Å². The molecule has 0 fully saturated rings. The number of nitrogen functional groups attached to an aromatic ring is 1. The lowest BCUT2D eigenvalue weighted by atomic mass is 10.1. The molecule has 9 nitrogen and oxygen atoms in total. The molecule has 104 valence electrons. The molecule has 1 heterocycles. The van der Waals surface area contributed by atoms with Crippen LogP contribution >= 0.6 is 0 Å². The zero-order valence-corrected chi connectivity index (χ0v) is 10.6. The van der Waals surface area contributed by atoms with Crippen molar-refractivity contribution in [3.63, 3.8) is 0 Å². The molecule has 2 rings (SSSR count). The van der Waals surface area contributed by atoms with Crippen LogP contribution in [0.3, 0.4) is 0 Å². The van der Waals surface area contributed by atoms with Crippen LogP contribution in [-0.4, -0.2) is 14.5 Å². The number of rotatable bonds is 4. The number of benzene rings is 1. The van der Waals surface area contributed by atoms with Crippen molar-refractivity contribution in [1.82, 2.24) is 9.55 Å². The Kier molecular flexibility index (Phi) is 3.79. The van der Waals surface area contributed by atoms with Crippen LogP contribution < -0.4 is 11.3 Å². The second kappa shape index (κ2) is 5.69. The Morgan fingerprint density at radius 3 is 2.76 bits per heavy atom. The van der Waals surface area contributed by atoms with Crippen LogP contribution in [0, 0.1) is 32.8 Å². The van der Waals surface area contributed by atoms with Crippen LogP contribution in [0.4, 0.5) is 11.4 Å². The summed E-state index contributed by atoms with van der Waals surface area (Å²) in [6.07, 6.45) is 1.37. The van der Waals surface area contributed by atoms with Crippen LogP contribution in [-0.2, 0) is 6.54 Å². The molecular formula is C12H9N7O2. The Morgan fingerprint density at radius 2 is 2.19 bits per heavy atom. The van der Waals surface area contributed by atoms with Crippen LogP contribution in [0.2, 0.25) is 0 Å². The van der Waals surface area contributed by atoms with E-state index in [4.69, 9.17) is 16.4 Å². The van der Waals surface area contributed by atoms with Crippen LogP contribution in [0.15, 0.2) is 24.5 Å². The predicted octanol–water partition coefficient (Wildman–Crippen LogP) is 0.869. The normalized spacial score (nSPS) is 9.67. The van der Waals surface area contributed by atoms with Gasteiger partial charge in [0.25, 0.3) is 5.69 Å². The second-order valence-electron chi connectivity index (χ2n) is 4.05. The van der Waals surface area contributed by atoms with Gasteiger partial charge in [-0.2, -0.15) is 10.5 Å². The molecule has 1 aromatic heterocycles. The fourth-order valence-corrected chi connectivity index (χ4v) is 1.85. The highest BCUT2D eigenvalue weighted by Gasteiger charge is 2.15. The second-order valence-corrected chi connectivity index (χ2v) is 4.05. The van der Waals surface area contributed by atoms with E-state index in [1.807, 2.05) is 12.1 Å². The number of hydrogen-bond donors (Lipinski definition) is 2. The first-order valence-electron chi connectivity index (χ1n) is 5.70. The van der Waals surface area contributed by atoms with Crippen molar-refractivity contribution in [3.8, 4) is 12.1 Å². The Hall–Kier alpha value is -3.43. The van der Waals surface area contributed by atoms with Crippen molar-refractivity contribution in [2.45, 2.75) is 6.54 Å². The van der Waals surface area contributed by atoms with Crippen molar-refractivity contribution >= 4 is 11.4 Å². The third kappa shape index (κ3) is 2.63. The molecule has 2 aromatic rings. The quantitative estimate of drug-likeness (QED) is 0.480. The lowest BCUT2D eigenvalue weighted by Crippen LogP contribution is -2.10. The van der Waals surface area contributed by atoms with E-state index in [2.05, 4.69) is 10.4 Å². The minimum Gasteiger partial charge on any atom is -0.318 e. The first-order chi connectivity index (χ1) is 10.1. The monoisotopic (exact) mass is 283 g/mol. The molecule has 0 aliphatic rings. The van der Waals surface area contributed by atoms with E-state index in [9.17, 15) is 10.1 Å². The molecular weight excluding hydrogens is 274 g/mol. The summed E-state index contributed by atoms with van der Waals surface area (Å²) >= 11 is 0. The molecule has 0 radical (unpaired) electrons. The smallest absolute Gasteiger partial charge is 0.293 e. The lowest BCUT2D eigenvalue weighted by Gasteiger charge is -2.07. The Balaban J connectivity index is 2.37. The molecule has 0 saturated carbocycles. The maximum absolute atomic E-state index is 10.8. The minimum absolute atomic E-state index is 0.0385. The third-order valence-corrected chi connectivity index (χ3v) is 2.82. The number of nitrogens with one attached hydrogen (secondary N) is 1. The molecule has 0 bridgehead atoms. The summed E-state index contributed by atoms with van der Waals surface area (Å²) in [5.74, 6) is 5.26. The van der Waals surface area contributed by atoms with Crippen LogP contribution in [0.5, 0.6) is 0 Å². The number of hydrogen-bond acceptors (Lipinski definition) is 7. The number of imidazole rings is 1. The highest BCUT2D eigenvalue weighted by atomic mass is 16.6. The van der Waals surface area contributed by atoms with Crippen molar-refractivity contribution in [2.24, 2.45) is 5.84 Å². The van der Waals surface area contributed by atoms with E-state index >= 15 is 0 Å². The average molecular weight is 283 g/mol. The summed E-state index contributed by atoms with van der Waals surface area (Å²) in [6, 6.07) is 8.10. The van der Waals surface area contributed by atoms with Gasteiger partial charge in [-0.05, 0) is 11.6 Å². The Bertz CT molecular complexity index is 782. The molecule has 21 heavy (non-hydrogen) atoms. The summed E-state index contributed by atoms with van der Waals surface area (Å²) in [6.45, 7) is 0.240. The molecule has 0 spiro atoms. The first kappa shape index (κ1) is 14.0. The van der Waals surface area contributed by atoms with Gasteiger partial charge < -0.3 is 9.99 Å². The van der Waals surface area contributed by atoms with Crippen molar-refractivity contribution in [1.29, 1.82) is 10.5 Å². The van der Waals surface area contributed by atoms with Gasteiger partial charge in [-0.3, -0.25) is 16.0 Å². The van der Waals surface area contributed by atoms with Gasteiger partial charge in [0.15, 0.2) is 11.4 Å². The molecule has 3 N–H and O–H groups in total. The fraction of sp³-hybridized carbons (Fsp3) is 0.0833. The van der Waals surface area contributed by atoms with Gasteiger partial charge in [0.1, 0.15) is 17.8 Å². The van der Waals surface area contributed by atoms with Crippen molar-refractivity contribution in [3.05, 3.63) is 51.6 Å². The number of hydrazine groups is 1. The van der Waals surface area contributed by atoms with E-state index in [0.29, 0.717) is 5.56 Å². The molecule has 9 heteroatoms. The minimum atomic E-state index is -0.551. The van der Waals surface area contributed by atoms with Crippen LogP contribution in [0.1, 0.15) is 17.0 Å². The number of nitriles is 2. The number of nitrogens with two attached hydrogens (primary N) is 1. The van der Waals surface area contributed by atoms with E-state index in [1.54, 1.807) is 6.07 Å². The standard InChI is InChI=1S/C12H9N7O2/c13-4-10-12(5-14)18(7-16-10)6-8-1-2-11(19(20)21)9(3-8)17-15/h1-3,7,17H,6,15H2. The van der Waals surface area contributed by atoms with Gasteiger partial charge in [0.05, 0.1) is 11.3 Å². The van der Waals surface area contributed by atoms with Gasteiger partial charge in [-0.25, -0.2) is 4.98 Å². The van der Waals surface area contributed by atoms with E-state index < -0.39 is 4.92 Å². The van der Waals surface area contributed by atoms with Gasteiger partial charge in [0, 0.05) is 12.6 Å². The van der Waals surface area contributed by atoms with E-state index in [-0.39, 0.29) is 29.3 Å². The summed E-state index contributed by atoms with van der Waals surface area (Å²) < 4.78 is 1.49. The van der Waals surface area contributed by atoms with Gasteiger partial charge in [0.2, 0.25) is 0 Å². The molecule has 1 aromatic carbocycles. The molecule has 0 saturated heterocycles. The predicted molar refractivity (Wildman–Crippen MR) is 71.7 cm³/mol. The van der Waals surface area contributed by atoms with Crippen LogP contribution in [0.25, 0.3) is 0 Å². The molecule has 0 atom stereocenters. The van der Waals surface area contributed by atoms with E-state index in [1.165, 1.54) is 23.0 Å². The molecule has 0 aliphatic heterocycles. The first-order valence-corrected chi connectivity index (χ1v) is 5.70. The SMILES string of the molecule is N#Cc1ncn(Cc2ccc([N+](=O)[O-])c(NN)c2)c1C#N. The summed E-state index contributed by atoms with van der Waals surface area (Å²) in [5.41, 5.74) is 3.13. The average Bonchev–Trinajstić information content (AvgIpc) is 2.88. The third-order valence-electron chi connectivity index (χ3n) is 2.82. The lowest BCUT2D eigenvalue weighted by molar-refractivity contribution is -0.384. The summed E-state index contributed by atoms with van der Waals surface area (Å²) in [5, 5.41) is 28.7. The summed E-state index contributed by atoms with van der Waals surface area (Å²) in [4.78, 5) is 14.1. The molecule has 0 amide bonds. The summed E-state index contributed by atoms with van der Waals surface area (Å²) in [7, 11) is 0. The van der Waals surface area contributed by atoms with Gasteiger partial charge >= 0.3 is 0 Å². The topological polar surface area (TPSA) is 147 Å². The maximum atomic E-state index is 10.8. The number of nitro groups is 1.